The Hall–Kier alpha value is -3.22. The topological polar surface area (TPSA) is 95.6 Å². The Kier molecular flexibility index (Phi) is 5.80. The van der Waals surface area contributed by atoms with E-state index in [1.807, 2.05) is 68.4 Å². The molecule has 3 aromatic rings. The molecule has 0 unspecified atom stereocenters. The number of nitrogens with one attached hydrogen (secondary N) is 3. The molecule has 0 saturated heterocycles. The molecule has 0 aliphatic carbocycles. The van der Waals surface area contributed by atoms with Gasteiger partial charge in [0.05, 0.1) is 0 Å². The van der Waals surface area contributed by atoms with Gasteiger partial charge in [-0.05, 0) is 38.0 Å². The zero-order valence-electron chi connectivity index (χ0n) is 15.6. The number of rotatable bonds is 8. The Labute approximate surface area is 158 Å². The average Bonchev–Trinajstić information content (AvgIpc) is 3.21. The maximum atomic E-state index is 13.1. The molecular weight excluding hydrogens is 340 g/mol. The van der Waals surface area contributed by atoms with Crippen LogP contribution in [0.4, 0.5) is 5.69 Å². The predicted octanol–water partition coefficient (Wildman–Crippen LogP) is 2.58. The second kappa shape index (κ2) is 8.44. The summed E-state index contributed by atoms with van der Waals surface area (Å²) in [6.07, 6.45) is 1.39. The number of aryl methyl sites for hydroxylation is 2. The molecule has 1 heterocycles. The second-order valence-corrected chi connectivity index (χ2v) is 6.67. The third-order valence-corrected chi connectivity index (χ3v) is 4.50. The minimum atomic E-state index is -0.886. The van der Waals surface area contributed by atoms with Gasteiger partial charge in [0.15, 0.2) is 5.82 Å². The minimum absolute atomic E-state index is 0.0811. The highest BCUT2D eigenvalue weighted by molar-refractivity contribution is 5.90. The van der Waals surface area contributed by atoms with Crippen LogP contribution in [0.15, 0.2) is 54.6 Å². The summed E-state index contributed by atoms with van der Waals surface area (Å²) >= 11 is 0. The van der Waals surface area contributed by atoms with Crippen molar-refractivity contribution < 1.29 is 4.79 Å². The van der Waals surface area contributed by atoms with E-state index >= 15 is 0 Å². The van der Waals surface area contributed by atoms with Gasteiger partial charge in [-0.15, -0.1) is 10.2 Å². The molecule has 0 bridgehead atoms. The summed E-state index contributed by atoms with van der Waals surface area (Å²) in [4.78, 5) is 13.1. The molecule has 2 aromatic carbocycles. The van der Waals surface area contributed by atoms with Gasteiger partial charge in [0.2, 0.25) is 5.91 Å². The fourth-order valence-electron chi connectivity index (χ4n) is 2.87. The number of H-pyrrole nitrogens is 1. The van der Waals surface area contributed by atoms with Crippen LogP contribution < -0.4 is 10.6 Å². The van der Waals surface area contributed by atoms with Crippen LogP contribution in [-0.2, 0) is 16.8 Å². The van der Waals surface area contributed by atoms with Crippen molar-refractivity contribution in [2.45, 2.75) is 32.2 Å². The Morgan fingerprint density at radius 1 is 1.11 bits per heavy atom. The number of hydrogen-bond acceptors (Lipinski definition) is 5. The largest absolute Gasteiger partial charge is 0.368 e. The van der Waals surface area contributed by atoms with Crippen LogP contribution in [0.5, 0.6) is 0 Å². The Balaban J connectivity index is 1.70. The molecule has 140 valence electrons. The van der Waals surface area contributed by atoms with Crippen LogP contribution >= 0.6 is 0 Å². The first kappa shape index (κ1) is 18.6. The summed E-state index contributed by atoms with van der Waals surface area (Å²) < 4.78 is 0. The number of carbonyl (C=O) groups is 1. The fourth-order valence-corrected chi connectivity index (χ4v) is 2.87. The number of anilines is 1. The second-order valence-electron chi connectivity index (χ2n) is 6.67. The Bertz CT molecular complexity index is 848. The lowest BCUT2D eigenvalue weighted by Crippen LogP contribution is -2.48. The van der Waals surface area contributed by atoms with Gasteiger partial charge in [-0.3, -0.25) is 4.79 Å². The van der Waals surface area contributed by atoms with E-state index in [1.165, 1.54) is 5.56 Å². The van der Waals surface area contributed by atoms with Gasteiger partial charge in [0.25, 0.3) is 0 Å². The van der Waals surface area contributed by atoms with Gasteiger partial charge in [0.1, 0.15) is 5.54 Å². The number of amides is 1. The fraction of sp³-hybridized carbons (Fsp3) is 0.300. The maximum Gasteiger partial charge on any atom is 0.250 e. The first-order valence-electron chi connectivity index (χ1n) is 8.99. The monoisotopic (exact) mass is 364 g/mol. The van der Waals surface area contributed by atoms with Crippen molar-refractivity contribution in [3.63, 3.8) is 0 Å². The third-order valence-electron chi connectivity index (χ3n) is 4.50. The SMILES string of the molecule is Cc1ccc(N[C@](C)(C(=O)NCCCc2nn[nH]n2)c2ccccc2)cc1. The molecule has 3 N–H and O–H groups in total. The van der Waals surface area contributed by atoms with Crippen LogP contribution in [-0.4, -0.2) is 33.1 Å². The highest BCUT2D eigenvalue weighted by atomic mass is 16.2. The highest BCUT2D eigenvalue weighted by Crippen LogP contribution is 2.26. The van der Waals surface area contributed by atoms with E-state index in [9.17, 15) is 4.79 Å². The molecule has 27 heavy (non-hydrogen) atoms. The van der Waals surface area contributed by atoms with Crippen molar-refractivity contribution in [2.24, 2.45) is 0 Å². The normalized spacial score (nSPS) is 13.0. The minimum Gasteiger partial charge on any atom is -0.368 e. The molecule has 0 spiro atoms. The van der Waals surface area contributed by atoms with Crippen molar-refractivity contribution in [2.75, 3.05) is 11.9 Å². The number of tetrazole rings is 1. The zero-order chi connectivity index (χ0) is 19.1. The van der Waals surface area contributed by atoms with Crippen molar-refractivity contribution in [3.05, 3.63) is 71.5 Å². The van der Waals surface area contributed by atoms with Gasteiger partial charge in [-0.2, -0.15) is 5.21 Å². The van der Waals surface area contributed by atoms with Gasteiger partial charge >= 0.3 is 0 Å². The van der Waals surface area contributed by atoms with Crippen LogP contribution in [0.25, 0.3) is 0 Å². The maximum absolute atomic E-state index is 13.1. The summed E-state index contributed by atoms with van der Waals surface area (Å²) in [6, 6.07) is 17.8. The molecule has 1 atom stereocenters. The lowest BCUT2D eigenvalue weighted by atomic mass is 9.90. The van der Waals surface area contributed by atoms with Crippen molar-refractivity contribution in [1.29, 1.82) is 0 Å². The molecule has 0 fully saturated rings. The molecule has 7 heteroatoms. The molecule has 0 aliphatic heterocycles. The Morgan fingerprint density at radius 3 is 2.52 bits per heavy atom. The van der Waals surface area contributed by atoms with E-state index in [1.54, 1.807) is 0 Å². The molecule has 7 nitrogen and oxygen atoms in total. The highest BCUT2D eigenvalue weighted by Gasteiger charge is 2.34. The van der Waals surface area contributed by atoms with E-state index < -0.39 is 5.54 Å². The Morgan fingerprint density at radius 2 is 1.85 bits per heavy atom. The van der Waals surface area contributed by atoms with E-state index in [2.05, 4.69) is 31.3 Å². The van der Waals surface area contributed by atoms with Crippen LogP contribution in [0.3, 0.4) is 0 Å². The smallest absolute Gasteiger partial charge is 0.250 e. The number of hydrogen-bond donors (Lipinski definition) is 3. The van der Waals surface area contributed by atoms with Crippen molar-refractivity contribution in [1.82, 2.24) is 25.9 Å². The summed E-state index contributed by atoms with van der Waals surface area (Å²) in [7, 11) is 0. The molecule has 3 rings (SSSR count). The number of aromatic amines is 1. The molecule has 0 radical (unpaired) electrons. The number of carbonyl (C=O) groups excluding carboxylic acids is 1. The first-order chi connectivity index (χ1) is 13.1. The standard InChI is InChI=1S/C20H24N6O/c1-15-10-12-17(13-11-15)22-20(2,16-7-4-3-5-8-16)19(27)21-14-6-9-18-23-25-26-24-18/h3-5,7-8,10-13,22H,6,9,14H2,1-2H3,(H,21,27)(H,23,24,25,26)/t20-/m0/s1. The van der Waals surface area contributed by atoms with E-state index in [0.717, 1.165) is 17.7 Å². The number of aromatic nitrogens is 4. The van der Waals surface area contributed by atoms with Gasteiger partial charge in [0, 0.05) is 18.7 Å². The zero-order valence-corrected chi connectivity index (χ0v) is 15.6. The van der Waals surface area contributed by atoms with Crippen LogP contribution in [0.2, 0.25) is 0 Å². The molecule has 0 saturated carbocycles. The third kappa shape index (κ3) is 4.69. The van der Waals surface area contributed by atoms with Gasteiger partial charge < -0.3 is 10.6 Å². The average molecular weight is 364 g/mol. The van der Waals surface area contributed by atoms with E-state index in [-0.39, 0.29) is 5.91 Å². The lowest BCUT2D eigenvalue weighted by molar-refractivity contribution is -0.125. The summed E-state index contributed by atoms with van der Waals surface area (Å²) in [5.41, 5.74) is 2.09. The molecule has 1 amide bonds. The summed E-state index contributed by atoms with van der Waals surface area (Å²) in [6.45, 7) is 4.47. The first-order valence-corrected chi connectivity index (χ1v) is 8.99. The number of benzene rings is 2. The molecule has 1 aromatic heterocycles. The van der Waals surface area contributed by atoms with Crippen LogP contribution in [0, 0.1) is 6.92 Å². The van der Waals surface area contributed by atoms with Gasteiger partial charge in [-0.25, -0.2) is 0 Å². The summed E-state index contributed by atoms with van der Waals surface area (Å²) in [5, 5.41) is 20.2. The van der Waals surface area contributed by atoms with Crippen LogP contribution in [0.1, 0.15) is 30.3 Å². The van der Waals surface area contributed by atoms with Crippen molar-refractivity contribution in [3.8, 4) is 0 Å². The van der Waals surface area contributed by atoms with Gasteiger partial charge in [-0.1, -0.05) is 53.2 Å². The molecule has 0 aliphatic rings. The quantitative estimate of drug-likeness (QED) is 0.534. The van der Waals surface area contributed by atoms with Crippen molar-refractivity contribution >= 4 is 11.6 Å². The predicted molar refractivity (Wildman–Crippen MR) is 104 cm³/mol. The number of nitrogens with zero attached hydrogens (tertiary/aromatic N) is 3. The van der Waals surface area contributed by atoms with E-state index in [4.69, 9.17) is 0 Å². The molecular formula is C20H24N6O. The van der Waals surface area contributed by atoms with E-state index in [0.29, 0.717) is 18.8 Å². The lowest BCUT2D eigenvalue weighted by Gasteiger charge is -2.31. The summed E-state index contributed by atoms with van der Waals surface area (Å²) in [5.74, 6) is 0.565.